The second kappa shape index (κ2) is 8.67. The summed E-state index contributed by atoms with van der Waals surface area (Å²) in [5.74, 6) is -0.216. The summed E-state index contributed by atoms with van der Waals surface area (Å²) in [5, 5.41) is 7.78. The largest absolute Gasteiger partial charge is 0.354 e. The van der Waals surface area contributed by atoms with Gasteiger partial charge in [-0.25, -0.2) is 4.39 Å². The van der Waals surface area contributed by atoms with E-state index >= 15 is 0 Å². The number of halogens is 2. The molecular weight excluding hydrogens is 407 g/mol. The van der Waals surface area contributed by atoms with Gasteiger partial charge in [0.25, 0.3) is 5.56 Å². The molecule has 8 heteroatoms. The molecule has 1 saturated heterocycles. The number of hydrogen-bond donors (Lipinski definition) is 1. The van der Waals surface area contributed by atoms with Crippen LogP contribution in [0.3, 0.4) is 0 Å². The van der Waals surface area contributed by atoms with Crippen LogP contribution in [0.2, 0.25) is 5.02 Å². The summed E-state index contributed by atoms with van der Waals surface area (Å²) < 4.78 is 14.7. The zero-order valence-electron chi connectivity index (χ0n) is 16.1. The second-order valence-corrected chi connectivity index (χ2v) is 7.64. The standard InChI is InChI=1S/C22H20ClFN4O2/c23-16-5-1-8-19(12-16)28-21(29)10-9-20(26-28)27-11-3-4-15(14-27)22(30)25-18-7-2-6-17(24)13-18/h1-2,5-10,12-13,15H,3-4,11,14H2,(H,25,30). The third-order valence-electron chi connectivity index (χ3n) is 5.05. The van der Waals surface area contributed by atoms with Crippen molar-refractivity contribution in [1.29, 1.82) is 0 Å². The summed E-state index contributed by atoms with van der Waals surface area (Å²) in [6.45, 7) is 1.19. The highest BCUT2D eigenvalue weighted by Crippen LogP contribution is 2.23. The third kappa shape index (κ3) is 4.52. The molecule has 6 nitrogen and oxygen atoms in total. The van der Waals surface area contributed by atoms with E-state index in [1.807, 2.05) is 4.90 Å². The van der Waals surface area contributed by atoms with Crippen molar-refractivity contribution in [2.24, 2.45) is 5.92 Å². The van der Waals surface area contributed by atoms with Gasteiger partial charge in [-0.05, 0) is 55.3 Å². The molecule has 1 unspecified atom stereocenters. The Bertz CT molecular complexity index is 1130. The molecule has 2 aromatic carbocycles. The average molecular weight is 427 g/mol. The fourth-order valence-corrected chi connectivity index (χ4v) is 3.76. The van der Waals surface area contributed by atoms with E-state index in [0.29, 0.717) is 28.8 Å². The summed E-state index contributed by atoms with van der Waals surface area (Å²) in [4.78, 5) is 27.0. The smallest absolute Gasteiger partial charge is 0.271 e. The van der Waals surface area contributed by atoms with E-state index in [4.69, 9.17) is 11.6 Å². The number of hydrogen-bond acceptors (Lipinski definition) is 4. The van der Waals surface area contributed by atoms with Crippen LogP contribution in [0.5, 0.6) is 0 Å². The Morgan fingerprint density at radius 1 is 1.13 bits per heavy atom. The summed E-state index contributed by atoms with van der Waals surface area (Å²) in [6.07, 6.45) is 1.53. The van der Waals surface area contributed by atoms with E-state index in [0.717, 1.165) is 19.4 Å². The summed E-state index contributed by atoms with van der Waals surface area (Å²) in [5.41, 5.74) is 0.745. The van der Waals surface area contributed by atoms with Gasteiger partial charge in [-0.15, -0.1) is 5.10 Å². The first-order valence-electron chi connectivity index (χ1n) is 9.67. The number of carbonyl (C=O) groups is 1. The van der Waals surface area contributed by atoms with E-state index in [-0.39, 0.29) is 17.4 Å². The maximum Gasteiger partial charge on any atom is 0.271 e. The van der Waals surface area contributed by atoms with Crippen LogP contribution in [0.25, 0.3) is 5.69 Å². The van der Waals surface area contributed by atoms with E-state index in [9.17, 15) is 14.0 Å². The number of amides is 1. The molecule has 2 heterocycles. The van der Waals surface area contributed by atoms with E-state index in [2.05, 4.69) is 10.4 Å². The summed E-state index contributed by atoms with van der Waals surface area (Å²) >= 11 is 6.04. The highest BCUT2D eigenvalue weighted by Gasteiger charge is 2.27. The minimum atomic E-state index is -0.398. The third-order valence-corrected chi connectivity index (χ3v) is 5.28. The highest BCUT2D eigenvalue weighted by molar-refractivity contribution is 6.30. The van der Waals surface area contributed by atoms with Crippen molar-refractivity contribution in [1.82, 2.24) is 9.78 Å². The fourth-order valence-electron chi connectivity index (χ4n) is 3.57. The summed E-state index contributed by atoms with van der Waals surface area (Å²) in [6, 6.07) is 15.9. The highest BCUT2D eigenvalue weighted by atomic mass is 35.5. The molecule has 4 rings (SSSR count). The van der Waals surface area contributed by atoms with Gasteiger partial charge in [-0.3, -0.25) is 9.59 Å². The van der Waals surface area contributed by atoms with Crippen molar-refractivity contribution >= 4 is 29.0 Å². The minimum Gasteiger partial charge on any atom is -0.354 e. The Kier molecular flexibility index (Phi) is 5.81. The molecule has 0 spiro atoms. The molecule has 0 bridgehead atoms. The quantitative estimate of drug-likeness (QED) is 0.687. The van der Waals surface area contributed by atoms with Crippen molar-refractivity contribution < 1.29 is 9.18 Å². The first-order chi connectivity index (χ1) is 14.5. The van der Waals surface area contributed by atoms with E-state index < -0.39 is 5.82 Å². The number of anilines is 2. The Hall–Kier alpha value is -3.19. The van der Waals surface area contributed by atoms with Crippen LogP contribution < -0.4 is 15.8 Å². The number of carbonyl (C=O) groups excluding carboxylic acids is 1. The molecule has 30 heavy (non-hydrogen) atoms. The van der Waals surface area contributed by atoms with E-state index in [1.165, 1.54) is 22.9 Å². The van der Waals surface area contributed by atoms with Gasteiger partial charge in [0.05, 0.1) is 11.6 Å². The summed E-state index contributed by atoms with van der Waals surface area (Å²) in [7, 11) is 0. The number of rotatable bonds is 4. The molecule has 0 aliphatic carbocycles. The molecule has 1 N–H and O–H groups in total. The van der Waals surface area contributed by atoms with Crippen LogP contribution in [0.1, 0.15) is 12.8 Å². The molecule has 1 amide bonds. The Morgan fingerprint density at radius 3 is 2.77 bits per heavy atom. The molecular formula is C22H20ClFN4O2. The first kappa shape index (κ1) is 20.1. The van der Waals surface area contributed by atoms with Gasteiger partial charge in [0.15, 0.2) is 0 Å². The maximum atomic E-state index is 13.4. The van der Waals surface area contributed by atoms with Crippen molar-refractivity contribution in [3.05, 3.63) is 81.9 Å². The molecule has 1 fully saturated rings. The normalized spacial score (nSPS) is 16.3. The zero-order valence-corrected chi connectivity index (χ0v) is 16.8. The van der Waals surface area contributed by atoms with Crippen molar-refractivity contribution in [3.63, 3.8) is 0 Å². The number of benzene rings is 2. The van der Waals surface area contributed by atoms with Gasteiger partial charge < -0.3 is 10.2 Å². The van der Waals surface area contributed by atoms with Crippen molar-refractivity contribution in [3.8, 4) is 5.69 Å². The van der Waals surface area contributed by atoms with Crippen LogP contribution in [-0.2, 0) is 4.79 Å². The van der Waals surface area contributed by atoms with Gasteiger partial charge in [-0.2, -0.15) is 4.68 Å². The Labute approximate surface area is 177 Å². The van der Waals surface area contributed by atoms with Gasteiger partial charge in [0.1, 0.15) is 11.6 Å². The molecule has 1 aromatic heterocycles. The van der Waals surface area contributed by atoms with Crippen molar-refractivity contribution in [2.45, 2.75) is 12.8 Å². The lowest BCUT2D eigenvalue weighted by molar-refractivity contribution is -0.120. The molecule has 0 radical (unpaired) electrons. The second-order valence-electron chi connectivity index (χ2n) is 7.21. The van der Waals surface area contributed by atoms with Gasteiger partial charge in [0, 0.05) is 29.9 Å². The van der Waals surface area contributed by atoms with Crippen LogP contribution >= 0.6 is 11.6 Å². The molecule has 1 atom stereocenters. The van der Waals surface area contributed by atoms with Crippen molar-refractivity contribution in [2.75, 3.05) is 23.3 Å². The molecule has 1 aliphatic heterocycles. The lowest BCUT2D eigenvalue weighted by Gasteiger charge is -2.32. The van der Waals surface area contributed by atoms with Gasteiger partial charge in [-0.1, -0.05) is 23.7 Å². The molecule has 3 aromatic rings. The molecule has 154 valence electrons. The Balaban J connectivity index is 1.52. The predicted octanol–water partition coefficient (Wildman–Crippen LogP) is 3.88. The SMILES string of the molecule is O=C(Nc1cccc(F)c1)C1CCCN(c2ccc(=O)n(-c3cccc(Cl)c3)n2)C1. The topological polar surface area (TPSA) is 67.2 Å². The van der Waals surface area contributed by atoms with Gasteiger partial charge >= 0.3 is 0 Å². The van der Waals surface area contributed by atoms with Gasteiger partial charge in [0.2, 0.25) is 5.91 Å². The average Bonchev–Trinajstić information content (AvgIpc) is 2.74. The zero-order chi connectivity index (χ0) is 21.1. The lowest BCUT2D eigenvalue weighted by Crippen LogP contribution is -2.41. The number of aromatic nitrogens is 2. The first-order valence-corrected chi connectivity index (χ1v) is 10.0. The van der Waals surface area contributed by atoms with Crippen LogP contribution in [0.4, 0.5) is 15.9 Å². The van der Waals surface area contributed by atoms with Crippen LogP contribution in [-0.4, -0.2) is 28.8 Å². The maximum absolute atomic E-state index is 13.4. The van der Waals surface area contributed by atoms with Crippen LogP contribution in [0.15, 0.2) is 65.5 Å². The van der Waals surface area contributed by atoms with Crippen LogP contribution in [0, 0.1) is 11.7 Å². The molecule has 0 saturated carbocycles. The number of nitrogens with zero attached hydrogens (tertiary/aromatic N) is 3. The monoisotopic (exact) mass is 426 g/mol. The Morgan fingerprint density at radius 2 is 1.97 bits per heavy atom. The minimum absolute atomic E-state index is 0.159. The number of piperidine rings is 1. The number of nitrogens with one attached hydrogen (secondary N) is 1. The van der Waals surface area contributed by atoms with E-state index in [1.54, 1.807) is 42.5 Å². The fraction of sp³-hybridized carbons (Fsp3) is 0.227. The molecule has 1 aliphatic rings. The lowest BCUT2D eigenvalue weighted by atomic mass is 9.97. The predicted molar refractivity (Wildman–Crippen MR) is 115 cm³/mol.